The van der Waals surface area contributed by atoms with Crippen molar-refractivity contribution in [3.05, 3.63) is 36.0 Å². The van der Waals surface area contributed by atoms with Crippen LogP contribution in [0.4, 0.5) is 16.3 Å². The molecule has 0 saturated carbocycles. The molecule has 7 heteroatoms. The molecule has 0 atom stereocenters. The molecule has 4 N–H and O–H groups in total. The summed E-state index contributed by atoms with van der Waals surface area (Å²) < 4.78 is 6.66. The van der Waals surface area contributed by atoms with Crippen molar-refractivity contribution in [2.45, 2.75) is 6.54 Å². The van der Waals surface area contributed by atoms with Crippen molar-refractivity contribution < 1.29 is 9.53 Å². The number of benzene rings is 1. The van der Waals surface area contributed by atoms with E-state index in [1.54, 1.807) is 49.3 Å². The maximum atomic E-state index is 12.0. The first-order chi connectivity index (χ1) is 9.63. The molecule has 2 amide bonds. The molecule has 2 rings (SSSR count). The molecule has 0 aliphatic rings. The number of carbonyl (C=O) groups excluding carboxylic acids is 1. The van der Waals surface area contributed by atoms with Gasteiger partial charge in [0.25, 0.3) is 0 Å². The Morgan fingerprint density at radius 1 is 1.45 bits per heavy atom. The van der Waals surface area contributed by atoms with E-state index in [-0.39, 0.29) is 6.03 Å². The first-order valence-corrected chi connectivity index (χ1v) is 6.07. The zero-order valence-electron chi connectivity index (χ0n) is 11.4. The summed E-state index contributed by atoms with van der Waals surface area (Å²) in [5, 5.41) is 9.50. The molecule has 0 fully saturated rings. The van der Waals surface area contributed by atoms with Crippen LogP contribution in [-0.2, 0) is 13.6 Å². The number of hydrogen-bond acceptors (Lipinski definition) is 4. The molecule has 2 aromatic rings. The summed E-state index contributed by atoms with van der Waals surface area (Å²) >= 11 is 0. The Labute approximate surface area is 116 Å². The Morgan fingerprint density at radius 3 is 2.95 bits per heavy atom. The first-order valence-electron chi connectivity index (χ1n) is 6.07. The van der Waals surface area contributed by atoms with Gasteiger partial charge in [0, 0.05) is 30.9 Å². The fraction of sp³-hybridized carbons (Fsp3) is 0.231. The van der Waals surface area contributed by atoms with Crippen molar-refractivity contribution in [2.75, 3.05) is 17.7 Å². The van der Waals surface area contributed by atoms with Gasteiger partial charge in [-0.15, -0.1) is 0 Å². The van der Waals surface area contributed by atoms with Crippen LogP contribution in [0.3, 0.4) is 0 Å². The topological polar surface area (TPSA) is 94.2 Å². The van der Waals surface area contributed by atoms with Crippen LogP contribution in [0.15, 0.2) is 30.5 Å². The van der Waals surface area contributed by atoms with Gasteiger partial charge in [0.15, 0.2) is 0 Å². The number of nitrogens with zero attached hydrogens (tertiary/aromatic N) is 2. The van der Waals surface area contributed by atoms with Gasteiger partial charge in [-0.3, -0.25) is 10.00 Å². The van der Waals surface area contributed by atoms with E-state index in [1.807, 2.05) is 0 Å². The maximum Gasteiger partial charge on any atom is 0.324 e. The summed E-state index contributed by atoms with van der Waals surface area (Å²) in [5.41, 5.74) is 7.00. The van der Waals surface area contributed by atoms with Crippen molar-refractivity contribution >= 4 is 17.5 Å². The molecule has 0 aliphatic heterocycles. The third-order valence-corrected chi connectivity index (χ3v) is 2.79. The van der Waals surface area contributed by atoms with Crippen LogP contribution in [0, 0.1) is 0 Å². The van der Waals surface area contributed by atoms with Crippen LogP contribution in [0.2, 0.25) is 0 Å². The van der Waals surface area contributed by atoms with Crippen molar-refractivity contribution in [1.82, 2.24) is 9.78 Å². The van der Waals surface area contributed by atoms with Gasteiger partial charge in [-0.05, 0) is 12.1 Å². The highest BCUT2D eigenvalue weighted by atomic mass is 16.5. The summed E-state index contributed by atoms with van der Waals surface area (Å²) in [6.45, 7) is 0.308. The number of aromatic nitrogens is 2. The van der Waals surface area contributed by atoms with Crippen molar-refractivity contribution in [3.63, 3.8) is 0 Å². The van der Waals surface area contributed by atoms with Gasteiger partial charge in [0.2, 0.25) is 0 Å². The molecule has 1 aromatic heterocycles. The van der Waals surface area contributed by atoms with Gasteiger partial charge < -0.3 is 15.8 Å². The van der Waals surface area contributed by atoms with E-state index >= 15 is 0 Å². The number of rotatable bonds is 4. The van der Waals surface area contributed by atoms with E-state index in [9.17, 15) is 4.79 Å². The Kier molecular flexibility index (Phi) is 4.21. The Balaban J connectivity index is 2.07. The minimum atomic E-state index is -0.364. The van der Waals surface area contributed by atoms with E-state index in [2.05, 4.69) is 15.7 Å². The number of carbonyl (C=O) groups is 1. The molecule has 0 spiro atoms. The third kappa shape index (κ3) is 3.07. The summed E-state index contributed by atoms with van der Waals surface area (Å²) in [4.78, 5) is 12.0. The Hall–Kier alpha value is -2.54. The Morgan fingerprint density at radius 2 is 2.25 bits per heavy atom. The molecule has 0 radical (unpaired) electrons. The first kappa shape index (κ1) is 13.9. The lowest BCUT2D eigenvalue weighted by Gasteiger charge is -2.10. The fourth-order valence-electron chi connectivity index (χ4n) is 1.76. The van der Waals surface area contributed by atoms with Gasteiger partial charge in [-0.2, -0.15) is 5.10 Å². The normalized spacial score (nSPS) is 10.2. The molecule has 7 nitrogen and oxygen atoms in total. The lowest BCUT2D eigenvalue weighted by Crippen LogP contribution is -2.22. The van der Waals surface area contributed by atoms with Gasteiger partial charge in [-0.1, -0.05) is 6.07 Å². The predicted molar refractivity (Wildman–Crippen MR) is 76.7 cm³/mol. The minimum absolute atomic E-state index is 0.308. The van der Waals surface area contributed by atoms with Crippen LogP contribution >= 0.6 is 0 Å². The number of hydrogen-bond donors (Lipinski definition) is 3. The summed E-state index contributed by atoms with van der Waals surface area (Å²) in [6, 6.07) is 6.74. The maximum absolute atomic E-state index is 12.0. The van der Waals surface area contributed by atoms with Crippen molar-refractivity contribution in [1.29, 1.82) is 0 Å². The fourth-order valence-corrected chi connectivity index (χ4v) is 1.76. The number of aryl methyl sites for hydroxylation is 1. The van der Waals surface area contributed by atoms with Crippen molar-refractivity contribution in [3.8, 4) is 5.75 Å². The molecule has 0 bridgehead atoms. The van der Waals surface area contributed by atoms with Crippen LogP contribution < -0.4 is 21.1 Å². The summed E-state index contributed by atoms with van der Waals surface area (Å²) in [5.74, 6) is 1.25. The van der Waals surface area contributed by atoms with Gasteiger partial charge >= 0.3 is 6.03 Å². The molecule has 1 aromatic carbocycles. The number of methoxy groups -OCH3 is 1. The number of anilines is 2. The monoisotopic (exact) mass is 275 g/mol. The second-order valence-electron chi connectivity index (χ2n) is 4.16. The molecular formula is C13H17N5O2. The highest BCUT2D eigenvalue weighted by Gasteiger charge is 2.11. The van der Waals surface area contributed by atoms with E-state index < -0.39 is 0 Å². The van der Waals surface area contributed by atoms with E-state index in [4.69, 9.17) is 10.5 Å². The van der Waals surface area contributed by atoms with E-state index in [0.29, 0.717) is 23.8 Å². The lowest BCUT2D eigenvalue weighted by molar-refractivity contribution is 0.262. The zero-order valence-corrected chi connectivity index (χ0v) is 11.4. The molecule has 1 heterocycles. The zero-order chi connectivity index (χ0) is 14.5. The third-order valence-electron chi connectivity index (χ3n) is 2.79. The standard InChI is InChI=1S/C13H17N5O2/c1-18-12(9(7-14)8-15-18)17-13(19)16-10-4-3-5-11(6-10)20-2/h3-6,8H,7,14H2,1-2H3,(H2,16,17,19). The largest absolute Gasteiger partial charge is 0.497 e. The molecule has 106 valence electrons. The second-order valence-corrected chi connectivity index (χ2v) is 4.16. The lowest BCUT2D eigenvalue weighted by atomic mass is 10.3. The van der Waals surface area contributed by atoms with Gasteiger partial charge in [-0.25, -0.2) is 4.79 Å². The average molecular weight is 275 g/mol. The number of nitrogens with two attached hydrogens (primary N) is 1. The quantitative estimate of drug-likeness (QED) is 0.788. The predicted octanol–water partition coefficient (Wildman–Crippen LogP) is 1.53. The molecule has 0 unspecified atom stereocenters. The minimum Gasteiger partial charge on any atom is -0.497 e. The highest BCUT2D eigenvalue weighted by Crippen LogP contribution is 2.18. The molecular weight excluding hydrogens is 258 g/mol. The second kappa shape index (κ2) is 6.07. The number of amides is 2. The molecule has 0 aliphatic carbocycles. The Bertz CT molecular complexity index is 609. The number of nitrogens with one attached hydrogen (secondary N) is 2. The van der Waals surface area contributed by atoms with Gasteiger partial charge in [0.1, 0.15) is 11.6 Å². The van der Waals surface area contributed by atoms with E-state index in [0.717, 1.165) is 5.56 Å². The van der Waals surface area contributed by atoms with Crippen LogP contribution in [0.25, 0.3) is 0 Å². The van der Waals surface area contributed by atoms with E-state index in [1.165, 1.54) is 0 Å². The average Bonchev–Trinajstić information content (AvgIpc) is 2.79. The molecule has 20 heavy (non-hydrogen) atoms. The smallest absolute Gasteiger partial charge is 0.324 e. The highest BCUT2D eigenvalue weighted by molar-refractivity contribution is 5.99. The number of ether oxygens (including phenoxy) is 1. The molecule has 0 saturated heterocycles. The van der Waals surface area contributed by atoms with Gasteiger partial charge in [0.05, 0.1) is 13.3 Å². The van der Waals surface area contributed by atoms with Crippen LogP contribution in [0.5, 0.6) is 5.75 Å². The van der Waals surface area contributed by atoms with Crippen LogP contribution in [0.1, 0.15) is 5.56 Å². The SMILES string of the molecule is COc1cccc(NC(=O)Nc2c(CN)cnn2C)c1. The van der Waals surface area contributed by atoms with Crippen LogP contribution in [-0.4, -0.2) is 22.9 Å². The number of urea groups is 1. The van der Waals surface area contributed by atoms with Crippen molar-refractivity contribution in [2.24, 2.45) is 12.8 Å². The summed E-state index contributed by atoms with van der Waals surface area (Å²) in [7, 11) is 3.31. The summed E-state index contributed by atoms with van der Waals surface area (Å²) in [6.07, 6.45) is 1.63.